The summed E-state index contributed by atoms with van der Waals surface area (Å²) >= 11 is 0. The van der Waals surface area contributed by atoms with Crippen LogP contribution < -0.4 is 51.4 Å². The molecular weight excluding hydrogens is 558 g/mol. The second kappa shape index (κ2) is 16.7. The number of alkyl halides is 15. The SMILES string of the molecule is C=C(F)F.FC(OC(F)(F)C(F)(F)C(F)(F)F)C(F)(F)OCC(F)(F)F.OCC(F)F.[K+].[OH-]. The van der Waals surface area contributed by atoms with Crippen molar-refractivity contribution in [3.8, 4) is 0 Å². The number of halogens is 17. The van der Waals surface area contributed by atoms with Crippen molar-refractivity contribution in [1.82, 2.24) is 0 Å². The van der Waals surface area contributed by atoms with Crippen LogP contribution in [0.25, 0.3) is 0 Å². The molecule has 0 saturated carbocycles. The second-order valence-electron chi connectivity index (χ2n) is 4.40. The van der Waals surface area contributed by atoms with E-state index in [-0.39, 0.29) is 56.9 Å². The van der Waals surface area contributed by atoms with Crippen molar-refractivity contribution in [2.45, 2.75) is 43.3 Å². The van der Waals surface area contributed by atoms with Gasteiger partial charge in [0.2, 0.25) is 0 Å². The summed E-state index contributed by atoms with van der Waals surface area (Å²) in [6.07, 6.45) is -34.7. The molecule has 22 heteroatoms. The van der Waals surface area contributed by atoms with Crippen LogP contribution in [0.1, 0.15) is 0 Å². The molecule has 1 unspecified atom stereocenters. The van der Waals surface area contributed by atoms with E-state index in [1.807, 2.05) is 4.74 Å². The molecule has 0 amide bonds. The topological polar surface area (TPSA) is 68.7 Å². The molecule has 0 aromatic carbocycles. The van der Waals surface area contributed by atoms with Gasteiger partial charge in [-0.1, -0.05) is 0 Å². The normalized spacial score (nSPS) is 13.4. The van der Waals surface area contributed by atoms with Gasteiger partial charge < -0.3 is 15.3 Å². The molecule has 0 aliphatic heterocycles. The number of aliphatic hydroxyl groups excluding tert-OH is 1. The van der Waals surface area contributed by atoms with Gasteiger partial charge in [-0.2, -0.15) is 61.5 Å². The quantitative estimate of drug-likeness (QED) is 0.379. The van der Waals surface area contributed by atoms with Crippen molar-refractivity contribution < 1.29 is 146 Å². The minimum absolute atomic E-state index is 0. The number of hydrogen-bond donors (Lipinski definition) is 1. The molecule has 2 N–H and O–H groups in total. The van der Waals surface area contributed by atoms with E-state index < -0.39 is 62.6 Å². The molecule has 0 saturated heterocycles. The van der Waals surface area contributed by atoms with E-state index in [4.69, 9.17) is 5.11 Å². The maximum Gasteiger partial charge on any atom is 1.00 e. The standard InChI is InChI=1S/C7H3F13O2.C2H4F2O.C2H2F2.K.H2O/c8-2(4(12,13)21-1-3(9,10)11)22-7(19,20)5(14,15)6(16,17)18;3-2(4)1-5;1-2(3)4;;/h2H,1H2;2,5H,1H2;1H2;;1H2/q;;;+1;/p-1. The molecule has 0 bridgehead atoms. The van der Waals surface area contributed by atoms with Crippen LogP contribution in [0.4, 0.5) is 74.6 Å². The fourth-order valence-electron chi connectivity index (χ4n) is 0.681. The predicted molar refractivity (Wildman–Crippen MR) is 65.3 cm³/mol. The van der Waals surface area contributed by atoms with Crippen LogP contribution in [-0.4, -0.2) is 67.1 Å². The maximum atomic E-state index is 12.5. The van der Waals surface area contributed by atoms with Crippen LogP contribution in [0, 0.1) is 0 Å². The van der Waals surface area contributed by atoms with Gasteiger partial charge in [-0.05, 0) is 6.58 Å². The van der Waals surface area contributed by atoms with E-state index in [1.165, 1.54) is 0 Å². The monoisotopic (exact) mass is 568 g/mol. The molecule has 0 spiro atoms. The average molecular weight is 568 g/mol. The van der Waals surface area contributed by atoms with Crippen molar-refractivity contribution in [2.75, 3.05) is 13.2 Å². The van der Waals surface area contributed by atoms with Crippen molar-refractivity contribution in [1.29, 1.82) is 0 Å². The molecule has 0 aliphatic carbocycles. The maximum absolute atomic E-state index is 12.5. The van der Waals surface area contributed by atoms with Crippen molar-refractivity contribution in [3.63, 3.8) is 0 Å². The Balaban J connectivity index is -0.000000201. The summed E-state index contributed by atoms with van der Waals surface area (Å²) in [7, 11) is 0. The Hall–Kier alpha value is 0.0264. The Kier molecular flexibility index (Phi) is 21.8. The zero-order valence-corrected chi connectivity index (χ0v) is 18.5. The first-order valence-corrected chi connectivity index (χ1v) is 6.45. The van der Waals surface area contributed by atoms with Gasteiger partial charge in [-0.25, -0.2) is 13.2 Å². The Morgan fingerprint density at radius 2 is 1.12 bits per heavy atom. The molecule has 0 aliphatic rings. The van der Waals surface area contributed by atoms with E-state index in [0.717, 1.165) is 0 Å². The molecule has 0 fully saturated rings. The third kappa shape index (κ3) is 20.0. The molecule has 0 heterocycles. The van der Waals surface area contributed by atoms with Crippen LogP contribution in [0.3, 0.4) is 0 Å². The third-order valence-corrected chi connectivity index (χ3v) is 1.80. The van der Waals surface area contributed by atoms with Crippen LogP contribution in [0.5, 0.6) is 0 Å². The second-order valence-corrected chi connectivity index (χ2v) is 4.40. The van der Waals surface area contributed by atoms with Crippen LogP contribution in [0.2, 0.25) is 0 Å². The summed E-state index contributed by atoms with van der Waals surface area (Å²) < 4.78 is 202. The van der Waals surface area contributed by atoms with E-state index in [1.54, 1.807) is 0 Å². The van der Waals surface area contributed by atoms with Crippen molar-refractivity contribution >= 4 is 0 Å². The van der Waals surface area contributed by atoms with Gasteiger partial charge in [0.25, 0.3) is 18.9 Å². The minimum atomic E-state index is -7.09. The van der Waals surface area contributed by atoms with E-state index >= 15 is 0 Å². The van der Waals surface area contributed by atoms with Crippen LogP contribution in [0.15, 0.2) is 12.7 Å². The first-order chi connectivity index (χ1) is 13.3. The Morgan fingerprint density at radius 1 is 0.818 bits per heavy atom. The molecule has 1 atom stereocenters. The van der Waals surface area contributed by atoms with Gasteiger partial charge >= 0.3 is 81.9 Å². The van der Waals surface area contributed by atoms with E-state index in [9.17, 15) is 74.6 Å². The predicted octanol–water partition coefficient (Wildman–Crippen LogP) is 2.73. The fourth-order valence-corrected chi connectivity index (χ4v) is 0.681. The summed E-state index contributed by atoms with van der Waals surface area (Å²) in [6.45, 7) is -1.72. The largest absolute Gasteiger partial charge is 1.00 e. The summed E-state index contributed by atoms with van der Waals surface area (Å²) in [5.41, 5.74) is 0. The van der Waals surface area contributed by atoms with Gasteiger partial charge in [0.15, 0.2) is 0 Å². The van der Waals surface area contributed by atoms with E-state index in [0.29, 0.717) is 0 Å². The third-order valence-electron chi connectivity index (χ3n) is 1.80. The molecule has 4 nitrogen and oxygen atoms in total. The molecular formula is C11H10F17KO4. The molecule has 198 valence electrons. The zero-order valence-electron chi connectivity index (χ0n) is 15.4. The summed E-state index contributed by atoms with van der Waals surface area (Å²) in [5.74, 6) is -7.09. The first-order valence-electron chi connectivity index (χ1n) is 6.45. The number of ether oxygens (including phenoxy) is 2. The molecule has 33 heavy (non-hydrogen) atoms. The summed E-state index contributed by atoms with van der Waals surface area (Å²) in [4.78, 5) is 0. The zero-order chi connectivity index (χ0) is 26.1. The van der Waals surface area contributed by atoms with Crippen LogP contribution >= 0.6 is 0 Å². The Morgan fingerprint density at radius 3 is 1.33 bits per heavy atom. The number of hydrogen-bond acceptors (Lipinski definition) is 4. The fraction of sp³-hybridized carbons (Fsp3) is 0.818. The molecule has 0 radical (unpaired) electrons. The summed E-state index contributed by atoms with van der Waals surface area (Å²) in [5, 5.41) is 7.39. The van der Waals surface area contributed by atoms with Crippen molar-refractivity contribution in [3.05, 3.63) is 12.7 Å². The van der Waals surface area contributed by atoms with E-state index in [2.05, 4.69) is 11.3 Å². The molecule has 0 aromatic heterocycles. The number of aliphatic hydroxyl groups is 1. The Bertz CT molecular complexity index is 518. The smallest absolute Gasteiger partial charge is 0.870 e. The molecule has 0 aromatic rings. The van der Waals surface area contributed by atoms with Gasteiger partial charge in [-0.3, -0.25) is 4.74 Å². The van der Waals surface area contributed by atoms with Gasteiger partial charge in [-0.15, -0.1) is 0 Å². The van der Waals surface area contributed by atoms with Gasteiger partial charge in [0.1, 0.15) is 13.2 Å². The van der Waals surface area contributed by atoms with Crippen molar-refractivity contribution in [2.24, 2.45) is 0 Å². The van der Waals surface area contributed by atoms with Gasteiger partial charge in [0, 0.05) is 0 Å². The first kappa shape index (κ1) is 43.1. The van der Waals surface area contributed by atoms with Crippen LogP contribution in [-0.2, 0) is 9.47 Å². The number of rotatable bonds is 7. The summed E-state index contributed by atoms with van der Waals surface area (Å²) in [6, 6.07) is 0. The molecule has 0 rings (SSSR count). The Labute approximate surface area is 214 Å². The van der Waals surface area contributed by atoms with Gasteiger partial charge in [0.05, 0.1) is 0 Å². The average Bonchev–Trinajstić information content (AvgIpc) is 2.50. The minimum Gasteiger partial charge on any atom is -0.870 e.